The van der Waals surface area contributed by atoms with Crippen molar-refractivity contribution in [3.05, 3.63) is 16.1 Å². The Morgan fingerprint density at radius 3 is 2.59 bits per heavy atom. The Bertz CT molecular complexity index is 399. The van der Waals surface area contributed by atoms with Crippen molar-refractivity contribution in [1.82, 2.24) is 9.97 Å². The Kier molecular flexibility index (Phi) is 3.18. The SMILES string of the molecule is Ic1cncnc1N1CCC2(CC1)OCCO2. The van der Waals surface area contributed by atoms with E-state index in [-0.39, 0.29) is 5.79 Å². The van der Waals surface area contributed by atoms with Gasteiger partial charge < -0.3 is 14.4 Å². The van der Waals surface area contributed by atoms with Crippen LogP contribution in [0.2, 0.25) is 0 Å². The third-order valence-corrected chi connectivity index (χ3v) is 4.05. The molecule has 2 fully saturated rings. The van der Waals surface area contributed by atoms with Crippen LogP contribution in [-0.4, -0.2) is 42.1 Å². The van der Waals surface area contributed by atoms with Crippen molar-refractivity contribution in [2.45, 2.75) is 18.6 Å². The third kappa shape index (κ3) is 2.25. The first-order valence-corrected chi connectivity index (χ1v) is 6.85. The molecule has 5 nitrogen and oxygen atoms in total. The lowest BCUT2D eigenvalue weighted by Crippen LogP contribution is -2.45. The van der Waals surface area contributed by atoms with E-state index in [1.165, 1.54) is 0 Å². The molecule has 0 saturated carbocycles. The van der Waals surface area contributed by atoms with E-state index in [0.717, 1.165) is 48.5 Å². The van der Waals surface area contributed by atoms with Crippen LogP contribution in [0.15, 0.2) is 12.5 Å². The third-order valence-electron chi connectivity index (χ3n) is 3.29. The minimum Gasteiger partial charge on any atom is -0.355 e. The molecule has 3 rings (SSSR count). The van der Waals surface area contributed by atoms with Crippen molar-refractivity contribution < 1.29 is 9.47 Å². The molecule has 0 unspecified atom stereocenters. The van der Waals surface area contributed by atoms with Crippen LogP contribution in [0, 0.1) is 3.57 Å². The Balaban J connectivity index is 1.71. The Labute approximate surface area is 114 Å². The van der Waals surface area contributed by atoms with Crippen molar-refractivity contribution >= 4 is 28.4 Å². The number of hydrogen-bond donors (Lipinski definition) is 0. The van der Waals surface area contributed by atoms with Crippen molar-refractivity contribution in [3.63, 3.8) is 0 Å². The highest BCUT2D eigenvalue weighted by atomic mass is 127. The van der Waals surface area contributed by atoms with Crippen LogP contribution in [0.25, 0.3) is 0 Å². The Morgan fingerprint density at radius 1 is 1.24 bits per heavy atom. The molecule has 17 heavy (non-hydrogen) atoms. The summed E-state index contributed by atoms with van der Waals surface area (Å²) in [4.78, 5) is 10.6. The van der Waals surface area contributed by atoms with Crippen molar-refractivity contribution in [2.75, 3.05) is 31.2 Å². The van der Waals surface area contributed by atoms with Crippen molar-refractivity contribution in [1.29, 1.82) is 0 Å². The largest absolute Gasteiger partial charge is 0.355 e. The molecule has 2 aliphatic rings. The van der Waals surface area contributed by atoms with E-state index in [4.69, 9.17) is 9.47 Å². The summed E-state index contributed by atoms with van der Waals surface area (Å²) in [5, 5.41) is 0. The van der Waals surface area contributed by atoms with Crippen molar-refractivity contribution in [2.24, 2.45) is 0 Å². The standard InChI is InChI=1S/C11H14IN3O2/c12-9-7-13-8-14-10(9)15-3-1-11(2-4-15)16-5-6-17-11/h7-8H,1-6H2. The van der Waals surface area contributed by atoms with Crippen LogP contribution in [0.1, 0.15) is 12.8 Å². The minimum atomic E-state index is -0.311. The molecular formula is C11H14IN3O2. The van der Waals surface area contributed by atoms with Gasteiger partial charge in [0.2, 0.25) is 0 Å². The maximum absolute atomic E-state index is 5.71. The number of nitrogens with zero attached hydrogens (tertiary/aromatic N) is 3. The van der Waals surface area contributed by atoms with Gasteiger partial charge in [-0.15, -0.1) is 0 Å². The van der Waals surface area contributed by atoms with Crippen LogP contribution in [0.5, 0.6) is 0 Å². The van der Waals surface area contributed by atoms with Gasteiger partial charge in [-0.2, -0.15) is 0 Å². The molecule has 0 amide bonds. The number of aromatic nitrogens is 2. The summed E-state index contributed by atoms with van der Waals surface area (Å²) in [6.45, 7) is 3.30. The molecule has 0 bridgehead atoms. The van der Waals surface area contributed by atoms with E-state index in [0.29, 0.717) is 0 Å². The van der Waals surface area contributed by atoms with Gasteiger partial charge in [-0.1, -0.05) is 0 Å². The van der Waals surface area contributed by atoms with E-state index in [1.807, 2.05) is 6.20 Å². The smallest absolute Gasteiger partial charge is 0.171 e. The number of anilines is 1. The minimum absolute atomic E-state index is 0.311. The molecule has 0 N–H and O–H groups in total. The molecule has 2 aliphatic heterocycles. The van der Waals surface area contributed by atoms with Gasteiger partial charge in [0.05, 0.1) is 16.8 Å². The molecule has 0 aromatic carbocycles. The Hall–Kier alpha value is -0.470. The summed E-state index contributed by atoms with van der Waals surface area (Å²) in [6.07, 6.45) is 5.26. The topological polar surface area (TPSA) is 47.5 Å². The first-order chi connectivity index (χ1) is 8.29. The fourth-order valence-electron chi connectivity index (χ4n) is 2.38. The van der Waals surface area contributed by atoms with E-state index < -0.39 is 0 Å². The molecule has 0 radical (unpaired) electrons. The zero-order valence-corrected chi connectivity index (χ0v) is 11.6. The lowest BCUT2D eigenvalue weighted by atomic mass is 10.0. The van der Waals surface area contributed by atoms with Gasteiger partial charge in [0, 0.05) is 32.1 Å². The van der Waals surface area contributed by atoms with Gasteiger partial charge in [0.15, 0.2) is 5.79 Å². The number of ether oxygens (including phenoxy) is 2. The summed E-state index contributed by atoms with van der Waals surface area (Å²) in [6, 6.07) is 0. The van der Waals surface area contributed by atoms with Crippen molar-refractivity contribution in [3.8, 4) is 0 Å². The second kappa shape index (κ2) is 4.66. The second-order valence-corrected chi connectivity index (χ2v) is 5.45. The van der Waals surface area contributed by atoms with Crippen LogP contribution < -0.4 is 4.90 Å². The van der Waals surface area contributed by atoms with Gasteiger partial charge in [-0.25, -0.2) is 9.97 Å². The molecule has 1 spiro atoms. The summed E-state index contributed by atoms with van der Waals surface area (Å²) in [7, 11) is 0. The average Bonchev–Trinajstić information content (AvgIpc) is 2.80. The number of piperidine rings is 1. The molecule has 92 valence electrons. The van der Waals surface area contributed by atoms with Crippen LogP contribution in [-0.2, 0) is 9.47 Å². The highest BCUT2D eigenvalue weighted by Gasteiger charge is 2.40. The highest BCUT2D eigenvalue weighted by Crippen LogP contribution is 2.33. The summed E-state index contributed by atoms with van der Waals surface area (Å²) in [5.41, 5.74) is 0. The van der Waals surface area contributed by atoms with Gasteiger partial charge in [0.25, 0.3) is 0 Å². The van der Waals surface area contributed by atoms with E-state index in [1.54, 1.807) is 6.33 Å². The van der Waals surface area contributed by atoms with E-state index in [9.17, 15) is 0 Å². The molecule has 0 atom stereocenters. The number of hydrogen-bond acceptors (Lipinski definition) is 5. The zero-order valence-electron chi connectivity index (χ0n) is 9.43. The summed E-state index contributed by atoms with van der Waals surface area (Å²) in [5.74, 6) is 0.711. The molecule has 0 aliphatic carbocycles. The van der Waals surface area contributed by atoms with E-state index >= 15 is 0 Å². The maximum atomic E-state index is 5.71. The van der Waals surface area contributed by atoms with E-state index in [2.05, 4.69) is 37.5 Å². The quantitative estimate of drug-likeness (QED) is 0.720. The molecule has 1 aromatic heterocycles. The first kappa shape index (κ1) is 11.6. The molecule has 1 aromatic rings. The van der Waals surface area contributed by atoms with Crippen LogP contribution >= 0.6 is 22.6 Å². The average molecular weight is 347 g/mol. The zero-order chi connectivity index (χ0) is 11.7. The maximum Gasteiger partial charge on any atom is 0.171 e. The second-order valence-electron chi connectivity index (χ2n) is 4.29. The monoisotopic (exact) mass is 347 g/mol. The lowest BCUT2D eigenvalue weighted by Gasteiger charge is -2.38. The first-order valence-electron chi connectivity index (χ1n) is 5.77. The summed E-state index contributed by atoms with van der Waals surface area (Å²) < 4.78 is 12.5. The number of rotatable bonds is 1. The predicted octanol–water partition coefficient (Wildman–Crippen LogP) is 1.42. The molecule has 6 heteroatoms. The normalized spacial score (nSPS) is 23.2. The fraction of sp³-hybridized carbons (Fsp3) is 0.636. The van der Waals surface area contributed by atoms with Gasteiger partial charge in [-0.3, -0.25) is 0 Å². The summed E-state index contributed by atoms with van der Waals surface area (Å²) >= 11 is 2.27. The van der Waals surface area contributed by atoms with Gasteiger partial charge in [-0.05, 0) is 22.6 Å². The fourth-order valence-corrected chi connectivity index (χ4v) is 3.02. The molecule has 3 heterocycles. The molecule has 2 saturated heterocycles. The van der Waals surface area contributed by atoms with Crippen LogP contribution in [0.4, 0.5) is 5.82 Å². The van der Waals surface area contributed by atoms with Gasteiger partial charge >= 0.3 is 0 Å². The lowest BCUT2D eigenvalue weighted by molar-refractivity contribution is -0.169. The van der Waals surface area contributed by atoms with Gasteiger partial charge in [0.1, 0.15) is 12.1 Å². The number of halogens is 1. The molecular weight excluding hydrogens is 333 g/mol. The Morgan fingerprint density at radius 2 is 1.94 bits per heavy atom. The van der Waals surface area contributed by atoms with Crippen LogP contribution in [0.3, 0.4) is 0 Å². The predicted molar refractivity (Wildman–Crippen MR) is 70.8 cm³/mol. The highest BCUT2D eigenvalue weighted by molar-refractivity contribution is 14.1.